The van der Waals surface area contributed by atoms with E-state index in [-0.39, 0.29) is 11.5 Å². The summed E-state index contributed by atoms with van der Waals surface area (Å²) in [6.07, 6.45) is 7.49. The van der Waals surface area contributed by atoms with Gasteiger partial charge in [-0.3, -0.25) is 0 Å². The summed E-state index contributed by atoms with van der Waals surface area (Å²) in [5, 5.41) is 10.4. The van der Waals surface area contributed by atoms with Gasteiger partial charge in [-0.1, -0.05) is 31.7 Å². The number of benzene rings is 1. The third-order valence-electron chi connectivity index (χ3n) is 5.31. The molecule has 4 unspecified atom stereocenters. The summed E-state index contributed by atoms with van der Waals surface area (Å²) in [5.41, 5.74) is 0.255. The second-order valence-electron chi connectivity index (χ2n) is 6.49. The standard InChI is InChI=1S/C17H22F2O/c18-14-7-8-15(16(19)10-14)17(20)13-6-5-11-3-1-2-4-12(11)9-13/h7-8,10-13,17,20H,1-6,9H2. The highest BCUT2D eigenvalue weighted by molar-refractivity contribution is 5.21. The van der Waals surface area contributed by atoms with Gasteiger partial charge >= 0.3 is 0 Å². The van der Waals surface area contributed by atoms with E-state index in [4.69, 9.17) is 0 Å². The van der Waals surface area contributed by atoms with Gasteiger partial charge in [-0.2, -0.15) is 0 Å². The number of hydrogen-bond donors (Lipinski definition) is 1. The van der Waals surface area contributed by atoms with Crippen molar-refractivity contribution in [3.63, 3.8) is 0 Å². The van der Waals surface area contributed by atoms with E-state index in [0.29, 0.717) is 5.92 Å². The van der Waals surface area contributed by atoms with Crippen molar-refractivity contribution < 1.29 is 13.9 Å². The number of hydrogen-bond acceptors (Lipinski definition) is 1. The first-order chi connectivity index (χ1) is 9.65. The monoisotopic (exact) mass is 280 g/mol. The molecule has 0 heterocycles. The van der Waals surface area contributed by atoms with Crippen LogP contribution in [0.15, 0.2) is 18.2 Å². The van der Waals surface area contributed by atoms with Crippen LogP contribution < -0.4 is 0 Å². The molecular weight excluding hydrogens is 258 g/mol. The quantitative estimate of drug-likeness (QED) is 0.839. The Morgan fingerprint density at radius 1 is 1.00 bits per heavy atom. The van der Waals surface area contributed by atoms with Gasteiger partial charge in [0.05, 0.1) is 6.10 Å². The summed E-state index contributed by atoms with van der Waals surface area (Å²) >= 11 is 0. The van der Waals surface area contributed by atoms with Gasteiger partial charge in [0.1, 0.15) is 11.6 Å². The first-order valence-electron chi connectivity index (χ1n) is 7.78. The molecule has 0 radical (unpaired) electrons. The molecular formula is C17H22F2O. The highest BCUT2D eigenvalue weighted by Gasteiger charge is 2.35. The molecule has 3 rings (SSSR count). The molecule has 1 nitrogen and oxygen atoms in total. The molecule has 2 aliphatic carbocycles. The minimum Gasteiger partial charge on any atom is -0.388 e. The maximum atomic E-state index is 13.8. The molecule has 3 heteroatoms. The highest BCUT2D eigenvalue weighted by Crippen LogP contribution is 2.46. The first kappa shape index (κ1) is 14.0. The van der Waals surface area contributed by atoms with Crippen molar-refractivity contribution in [2.75, 3.05) is 0 Å². The van der Waals surface area contributed by atoms with Gasteiger partial charge < -0.3 is 5.11 Å². The lowest BCUT2D eigenvalue weighted by Gasteiger charge is -2.40. The van der Waals surface area contributed by atoms with Crippen LogP contribution in [0.25, 0.3) is 0 Å². The number of aliphatic hydroxyl groups excluding tert-OH is 1. The molecule has 0 saturated heterocycles. The van der Waals surface area contributed by atoms with Crippen molar-refractivity contribution in [3.8, 4) is 0 Å². The average Bonchev–Trinajstić information content (AvgIpc) is 2.46. The van der Waals surface area contributed by atoms with Crippen LogP contribution in [0.3, 0.4) is 0 Å². The molecule has 2 aliphatic rings. The summed E-state index contributed by atoms with van der Waals surface area (Å²) in [5.74, 6) is 0.415. The Bertz CT molecular complexity index is 474. The van der Waals surface area contributed by atoms with E-state index in [0.717, 1.165) is 31.2 Å². The molecule has 4 atom stereocenters. The summed E-state index contributed by atoms with van der Waals surface area (Å²) < 4.78 is 26.7. The van der Waals surface area contributed by atoms with Gasteiger partial charge in [0.2, 0.25) is 0 Å². The smallest absolute Gasteiger partial charge is 0.131 e. The molecule has 0 aliphatic heterocycles. The van der Waals surface area contributed by atoms with E-state index in [2.05, 4.69) is 0 Å². The molecule has 0 amide bonds. The van der Waals surface area contributed by atoms with Crippen LogP contribution in [0.4, 0.5) is 8.78 Å². The molecule has 1 aromatic rings. The zero-order valence-electron chi connectivity index (χ0n) is 11.7. The van der Waals surface area contributed by atoms with Gasteiger partial charge in [0, 0.05) is 11.6 Å². The number of aliphatic hydroxyl groups is 1. The Kier molecular flexibility index (Phi) is 4.06. The minimum atomic E-state index is -0.793. The fourth-order valence-corrected chi connectivity index (χ4v) is 4.19. The lowest BCUT2D eigenvalue weighted by atomic mass is 9.66. The minimum absolute atomic E-state index is 0.120. The van der Waals surface area contributed by atoms with E-state index >= 15 is 0 Å². The molecule has 0 spiro atoms. The van der Waals surface area contributed by atoms with E-state index in [1.165, 1.54) is 37.8 Å². The van der Waals surface area contributed by atoms with Crippen LogP contribution >= 0.6 is 0 Å². The van der Waals surface area contributed by atoms with Crippen molar-refractivity contribution in [2.45, 2.75) is 51.0 Å². The Hall–Kier alpha value is -0.960. The highest BCUT2D eigenvalue weighted by atomic mass is 19.1. The summed E-state index contributed by atoms with van der Waals surface area (Å²) in [4.78, 5) is 0. The van der Waals surface area contributed by atoms with Crippen molar-refractivity contribution >= 4 is 0 Å². The van der Waals surface area contributed by atoms with Crippen LogP contribution in [-0.2, 0) is 0 Å². The zero-order chi connectivity index (χ0) is 14.1. The third-order valence-corrected chi connectivity index (χ3v) is 5.31. The van der Waals surface area contributed by atoms with Gasteiger partial charge in [-0.25, -0.2) is 8.78 Å². The van der Waals surface area contributed by atoms with Gasteiger partial charge in [0.25, 0.3) is 0 Å². The van der Waals surface area contributed by atoms with Gasteiger partial charge in [-0.15, -0.1) is 0 Å². The lowest BCUT2D eigenvalue weighted by Crippen LogP contribution is -2.30. The molecule has 110 valence electrons. The lowest BCUT2D eigenvalue weighted by molar-refractivity contribution is 0.0330. The second kappa shape index (κ2) is 5.80. The molecule has 20 heavy (non-hydrogen) atoms. The van der Waals surface area contributed by atoms with Crippen LogP contribution in [0.2, 0.25) is 0 Å². The van der Waals surface area contributed by atoms with Crippen LogP contribution in [0, 0.1) is 29.4 Å². The maximum absolute atomic E-state index is 13.8. The average molecular weight is 280 g/mol. The Morgan fingerprint density at radius 3 is 2.50 bits per heavy atom. The summed E-state index contributed by atoms with van der Waals surface area (Å²) in [7, 11) is 0. The Morgan fingerprint density at radius 2 is 1.75 bits per heavy atom. The Balaban J connectivity index is 1.72. The fraction of sp³-hybridized carbons (Fsp3) is 0.647. The van der Waals surface area contributed by atoms with Crippen LogP contribution in [0.5, 0.6) is 0 Å². The summed E-state index contributed by atoms with van der Waals surface area (Å²) in [6.45, 7) is 0. The van der Waals surface area contributed by atoms with E-state index in [1.54, 1.807) is 0 Å². The first-order valence-corrected chi connectivity index (χ1v) is 7.78. The van der Waals surface area contributed by atoms with Crippen molar-refractivity contribution in [1.82, 2.24) is 0 Å². The molecule has 0 aromatic heterocycles. The maximum Gasteiger partial charge on any atom is 0.131 e. The summed E-state index contributed by atoms with van der Waals surface area (Å²) in [6, 6.07) is 3.49. The largest absolute Gasteiger partial charge is 0.388 e. The van der Waals surface area contributed by atoms with Crippen LogP contribution in [0.1, 0.15) is 56.6 Å². The normalized spacial score (nSPS) is 31.6. The second-order valence-corrected chi connectivity index (χ2v) is 6.49. The molecule has 1 aromatic carbocycles. The topological polar surface area (TPSA) is 20.2 Å². The number of fused-ring (bicyclic) bond motifs is 1. The van der Waals surface area contributed by atoms with Crippen molar-refractivity contribution in [2.24, 2.45) is 17.8 Å². The molecule has 0 bridgehead atoms. The Labute approximate surface area is 119 Å². The predicted octanol–water partition coefficient (Wildman–Crippen LogP) is 4.60. The van der Waals surface area contributed by atoms with E-state index in [1.807, 2.05) is 0 Å². The van der Waals surface area contributed by atoms with Crippen molar-refractivity contribution in [3.05, 3.63) is 35.4 Å². The number of halogens is 2. The van der Waals surface area contributed by atoms with Crippen LogP contribution in [-0.4, -0.2) is 5.11 Å². The molecule has 2 saturated carbocycles. The number of rotatable bonds is 2. The van der Waals surface area contributed by atoms with Gasteiger partial charge in [0.15, 0.2) is 0 Å². The fourth-order valence-electron chi connectivity index (χ4n) is 4.19. The SMILES string of the molecule is OC(c1ccc(F)cc1F)C1CCC2CCCCC2C1. The van der Waals surface area contributed by atoms with Gasteiger partial charge in [-0.05, 0) is 43.1 Å². The zero-order valence-corrected chi connectivity index (χ0v) is 11.7. The predicted molar refractivity (Wildman–Crippen MR) is 74.1 cm³/mol. The van der Waals surface area contributed by atoms with E-state index in [9.17, 15) is 13.9 Å². The van der Waals surface area contributed by atoms with E-state index < -0.39 is 17.7 Å². The van der Waals surface area contributed by atoms with Crippen molar-refractivity contribution in [1.29, 1.82) is 0 Å². The molecule has 2 fully saturated rings. The molecule has 1 N–H and O–H groups in total. The third kappa shape index (κ3) is 2.73.